The number of hydrogen-bond donors (Lipinski definition) is 0. The van der Waals surface area contributed by atoms with E-state index in [4.69, 9.17) is 4.74 Å². The Bertz CT molecular complexity index is 619. The number of benzene rings is 1. The zero-order chi connectivity index (χ0) is 13.2. The first-order valence-electron chi connectivity index (χ1n) is 6.76. The monoisotopic (exact) mass is 254 g/mol. The van der Waals surface area contributed by atoms with Gasteiger partial charge in [0.2, 0.25) is 0 Å². The first kappa shape index (κ1) is 12.2. The average molecular weight is 254 g/mol. The number of fused-ring (bicyclic) bond motifs is 1. The number of nitrogens with zero attached hydrogens (tertiary/aromatic N) is 2. The van der Waals surface area contributed by atoms with Gasteiger partial charge in [0, 0.05) is 5.39 Å². The highest BCUT2D eigenvalue weighted by Gasteiger charge is 2.21. The highest BCUT2D eigenvalue weighted by Crippen LogP contribution is 2.17. The van der Waals surface area contributed by atoms with Gasteiger partial charge in [-0.1, -0.05) is 38.1 Å². The summed E-state index contributed by atoms with van der Waals surface area (Å²) in [6.07, 6.45) is 0.689. The lowest BCUT2D eigenvalue weighted by molar-refractivity contribution is 0.287. The van der Waals surface area contributed by atoms with Crippen molar-refractivity contribution in [2.24, 2.45) is 10.9 Å². The Morgan fingerprint density at radius 1 is 1.21 bits per heavy atom. The third-order valence-corrected chi connectivity index (χ3v) is 3.49. The Morgan fingerprint density at radius 3 is 2.84 bits per heavy atom. The summed E-state index contributed by atoms with van der Waals surface area (Å²) in [6.45, 7) is 5.06. The van der Waals surface area contributed by atoms with E-state index < -0.39 is 0 Å². The summed E-state index contributed by atoms with van der Waals surface area (Å²) in [7, 11) is 0. The number of rotatable bonds is 3. The molecule has 0 radical (unpaired) electrons. The number of hydrogen-bond acceptors (Lipinski definition) is 3. The van der Waals surface area contributed by atoms with Crippen LogP contribution in [0.3, 0.4) is 0 Å². The highest BCUT2D eigenvalue weighted by molar-refractivity contribution is 5.82. The van der Waals surface area contributed by atoms with Crippen LogP contribution in [0.25, 0.3) is 10.9 Å². The zero-order valence-corrected chi connectivity index (χ0v) is 11.3. The van der Waals surface area contributed by atoms with Gasteiger partial charge in [0.05, 0.1) is 23.7 Å². The highest BCUT2D eigenvalue weighted by atomic mass is 16.5. The molecule has 3 nitrogen and oxygen atoms in total. The van der Waals surface area contributed by atoms with E-state index in [1.54, 1.807) is 0 Å². The fourth-order valence-electron chi connectivity index (χ4n) is 2.24. The van der Waals surface area contributed by atoms with Crippen LogP contribution < -0.4 is 0 Å². The SMILES string of the molecule is CC(C)[C@@H]1COC(Cc2ccc3ccccc3n2)=N1. The Hall–Kier alpha value is -1.90. The maximum Gasteiger partial charge on any atom is 0.189 e. The lowest BCUT2D eigenvalue weighted by Gasteiger charge is -2.06. The lowest BCUT2D eigenvalue weighted by atomic mass is 10.1. The van der Waals surface area contributed by atoms with Gasteiger partial charge in [-0.25, -0.2) is 4.99 Å². The standard InChI is InChI=1S/C16H18N2O/c1-11(2)15-10-19-16(18-15)9-13-8-7-12-5-3-4-6-14(12)17-13/h3-8,11,15H,9-10H2,1-2H3/t15-/m0/s1. The molecule has 0 spiro atoms. The van der Waals surface area contributed by atoms with Gasteiger partial charge in [-0.05, 0) is 18.1 Å². The van der Waals surface area contributed by atoms with Crippen molar-refractivity contribution in [1.29, 1.82) is 0 Å². The van der Waals surface area contributed by atoms with Crippen molar-refractivity contribution in [2.45, 2.75) is 26.3 Å². The summed E-state index contributed by atoms with van der Waals surface area (Å²) in [5.74, 6) is 1.35. The fourth-order valence-corrected chi connectivity index (χ4v) is 2.24. The van der Waals surface area contributed by atoms with Gasteiger partial charge in [-0.2, -0.15) is 0 Å². The number of para-hydroxylation sites is 1. The van der Waals surface area contributed by atoms with E-state index in [9.17, 15) is 0 Å². The molecular formula is C16H18N2O. The van der Waals surface area contributed by atoms with Crippen LogP contribution in [-0.4, -0.2) is 23.5 Å². The number of aliphatic imine (C=N–C) groups is 1. The topological polar surface area (TPSA) is 34.5 Å². The summed E-state index contributed by atoms with van der Waals surface area (Å²) >= 11 is 0. The Labute approximate surface area is 113 Å². The maximum atomic E-state index is 5.65. The summed E-state index contributed by atoms with van der Waals surface area (Å²) in [4.78, 5) is 9.27. The molecule has 0 bridgehead atoms. The van der Waals surface area contributed by atoms with Gasteiger partial charge >= 0.3 is 0 Å². The molecule has 19 heavy (non-hydrogen) atoms. The van der Waals surface area contributed by atoms with Crippen molar-refractivity contribution in [1.82, 2.24) is 4.98 Å². The molecule has 0 saturated carbocycles. The number of aromatic nitrogens is 1. The van der Waals surface area contributed by atoms with Gasteiger partial charge in [0.15, 0.2) is 5.90 Å². The minimum Gasteiger partial charge on any atom is -0.478 e. The van der Waals surface area contributed by atoms with Gasteiger partial charge in [-0.3, -0.25) is 4.98 Å². The van der Waals surface area contributed by atoms with Gasteiger partial charge in [-0.15, -0.1) is 0 Å². The molecule has 2 aromatic rings. The molecule has 1 aliphatic rings. The summed E-state index contributed by atoms with van der Waals surface area (Å²) in [5.41, 5.74) is 2.04. The predicted molar refractivity (Wildman–Crippen MR) is 77.5 cm³/mol. The Kier molecular flexibility index (Phi) is 3.20. The van der Waals surface area contributed by atoms with Crippen LogP contribution in [0.4, 0.5) is 0 Å². The largest absolute Gasteiger partial charge is 0.478 e. The molecule has 0 N–H and O–H groups in total. The fraction of sp³-hybridized carbons (Fsp3) is 0.375. The Morgan fingerprint density at radius 2 is 2.05 bits per heavy atom. The first-order valence-corrected chi connectivity index (χ1v) is 6.76. The molecule has 0 unspecified atom stereocenters. The van der Waals surface area contributed by atoms with Crippen molar-refractivity contribution in [3.05, 3.63) is 42.1 Å². The number of pyridine rings is 1. The minimum atomic E-state index is 0.301. The van der Waals surface area contributed by atoms with E-state index in [1.165, 1.54) is 5.39 Å². The van der Waals surface area contributed by atoms with E-state index in [-0.39, 0.29) is 0 Å². The number of ether oxygens (including phenoxy) is 1. The van der Waals surface area contributed by atoms with Gasteiger partial charge in [0.1, 0.15) is 6.61 Å². The van der Waals surface area contributed by atoms with Crippen LogP contribution >= 0.6 is 0 Å². The average Bonchev–Trinajstić information content (AvgIpc) is 2.87. The van der Waals surface area contributed by atoms with E-state index in [1.807, 2.05) is 18.2 Å². The molecule has 0 aliphatic carbocycles. The second-order valence-electron chi connectivity index (χ2n) is 5.32. The van der Waals surface area contributed by atoms with Crippen molar-refractivity contribution < 1.29 is 4.74 Å². The molecule has 0 saturated heterocycles. The smallest absolute Gasteiger partial charge is 0.189 e. The van der Waals surface area contributed by atoms with Crippen LogP contribution in [0.1, 0.15) is 19.5 Å². The molecule has 3 rings (SSSR count). The zero-order valence-electron chi connectivity index (χ0n) is 11.3. The van der Waals surface area contributed by atoms with Crippen molar-refractivity contribution in [3.8, 4) is 0 Å². The molecule has 0 fully saturated rings. The molecule has 98 valence electrons. The van der Waals surface area contributed by atoms with Crippen LogP contribution in [0.2, 0.25) is 0 Å². The van der Waals surface area contributed by atoms with Crippen LogP contribution in [0, 0.1) is 5.92 Å². The molecule has 2 heterocycles. The Balaban J connectivity index is 1.80. The molecule has 1 aromatic heterocycles. The van der Waals surface area contributed by atoms with Crippen molar-refractivity contribution in [2.75, 3.05) is 6.61 Å². The molecule has 0 amide bonds. The van der Waals surface area contributed by atoms with Crippen LogP contribution in [0.5, 0.6) is 0 Å². The molecule has 3 heteroatoms. The van der Waals surface area contributed by atoms with Crippen molar-refractivity contribution in [3.63, 3.8) is 0 Å². The first-order chi connectivity index (χ1) is 9.22. The summed E-state index contributed by atoms with van der Waals surface area (Å²) in [5, 5.41) is 1.17. The quantitative estimate of drug-likeness (QED) is 0.842. The van der Waals surface area contributed by atoms with Gasteiger partial charge in [0.25, 0.3) is 0 Å². The van der Waals surface area contributed by atoms with Crippen LogP contribution in [0.15, 0.2) is 41.4 Å². The minimum absolute atomic E-state index is 0.301. The second-order valence-corrected chi connectivity index (χ2v) is 5.32. The van der Waals surface area contributed by atoms with E-state index in [2.05, 4.69) is 42.0 Å². The van der Waals surface area contributed by atoms with E-state index >= 15 is 0 Å². The third-order valence-electron chi connectivity index (χ3n) is 3.49. The van der Waals surface area contributed by atoms with Crippen molar-refractivity contribution >= 4 is 16.8 Å². The maximum absolute atomic E-state index is 5.65. The van der Waals surface area contributed by atoms with Crippen LogP contribution in [-0.2, 0) is 11.2 Å². The second kappa shape index (κ2) is 5.00. The predicted octanol–water partition coefficient (Wildman–Crippen LogP) is 3.23. The third kappa shape index (κ3) is 2.60. The lowest BCUT2D eigenvalue weighted by Crippen LogP contribution is -2.13. The summed E-state index contributed by atoms with van der Waals surface area (Å²) < 4.78 is 5.65. The van der Waals surface area contributed by atoms with E-state index in [0.717, 1.165) is 17.1 Å². The molecular weight excluding hydrogens is 236 g/mol. The molecule has 1 aliphatic heterocycles. The molecule has 1 atom stereocenters. The van der Waals surface area contributed by atoms with E-state index in [0.29, 0.717) is 25.0 Å². The summed E-state index contributed by atoms with van der Waals surface area (Å²) in [6, 6.07) is 12.6. The normalized spacial score (nSPS) is 18.7. The molecule has 1 aromatic carbocycles. The van der Waals surface area contributed by atoms with Gasteiger partial charge < -0.3 is 4.74 Å².